The lowest BCUT2D eigenvalue weighted by molar-refractivity contribution is -0.125. The first kappa shape index (κ1) is 22.4. The van der Waals surface area contributed by atoms with E-state index in [1.54, 1.807) is 0 Å². The van der Waals surface area contributed by atoms with Gasteiger partial charge in [-0.3, -0.25) is 9.59 Å². The quantitative estimate of drug-likeness (QED) is 0.560. The molecule has 29 heavy (non-hydrogen) atoms. The largest absolute Gasteiger partial charge is 0.360 e. The normalized spacial score (nSPS) is 12.5. The van der Waals surface area contributed by atoms with Gasteiger partial charge in [0, 0.05) is 0 Å². The number of carbonyl (C=O) groups is 2. The maximum Gasteiger partial charge on any atom is 0.246 e. The van der Waals surface area contributed by atoms with E-state index in [0.29, 0.717) is 6.07 Å². The lowest BCUT2D eigenvalue weighted by Gasteiger charge is -2.14. The highest BCUT2D eigenvalue weighted by Crippen LogP contribution is 2.20. The van der Waals surface area contributed by atoms with Crippen molar-refractivity contribution in [2.45, 2.75) is 31.7 Å². The first-order valence-electron chi connectivity index (χ1n) is 8.10. The molecule has 0 aliphatic rings. The predicted octanol–water partition coefficient (Wildman–Crippen LogP) is 1.13. The van der Waals surface area contributed by atoms with E-state index in [4.69, 9.17) is 4.52 Å². The summed E-state index contributed by atoms with van der Waals surface area (Å²) in [6, 6.07) is 0.160. The lowest BCUT2D eigenvalue weighted by atomic mass is 10.2. The van der Waals surface area contributed by atoms with Crippen LogP contribution in [0.2, 0.25) is 0 Å². The number of aryl methyl sites for hydroxylation is 2. The van der Waals surface area contributed by atoms with Crippen LogP contribution in [0.1, 0.15) is 18.4 Å². The first-order chi connectivity index (χ1) is 13.4. The summed E-state index contributed by atoms with van der Waals surface area (Å²) < 4.78 is 71.1. The Kier molecular flexibility index (Phi) is 6.64. The number of anilines is 1. The molecule has 1 unspecified atom stereocenters. The van der Waals surface area contributed by atoms with E-state index < -0.39 is 57.6 Å². The van der Waals surface area contributed by atoms with E-state index in [9.17, 15) is 31.2 Å². The zero-order chi connectivity index (χ0) is 21.9. The number of rotatable bonds is 7. The van der Waals surface area contributed by atoms with Gasteiger partial charge in [-0.05, 0) is 32.9 Å². The number of aromatic nitrogens is 1. The number of benzene rings is 1. The van der Waals surface area contributed by atoms with Crippen molar-refractivity contribution in [3.05, 3.63) is 41.0 Å². The molecule has 0 spiro atoms. The zero-order valence-electron chi connectivity index (χ0n) is 15.5. The fourth-order valence-electron chi connectivity index (χ4n) is 2.34. The molecule has 0 saturated carbocycles. The maximum atomic E-state index is 13.5. The molecule has 0 radical (unpaired) electrons. The third-order valence-electron chi connectivity index (χ3n) is 3.69. The number of halogens is 3. The number of nitrogens with one attached hydrogen (secondary N) is 3. The van der Waals surface area contributed by atoms with Crippen molar-refractivity contribution in [2.24, 2.45) is 0 Å². The fourth-order valence-corrected chi connectivity index (χ4v) is 3.87. The van der Waals surface area contributed by atoms with E-state index in [1.165, 1.54) is 20.8 Å². The Labute approximate surface area is 163 Å². The Hall–Kier alpha value is -2.93. The number of carbonyl (C=O) groups excluding carboxylic acids is 2. The minimum atomic E-state index is -4.12. The fraction of sp³-hybridized carbons (Fsp3) is 0.312. The molecule has 13 heteroatoms. The highest BCUT2D eigenvalue weighted by Gasteiger charge is 2.28. The van der Waals surface area contributed by atoms with Gasteiger partial charge < -0.3 is 15.2 Å². The van der Waals surface area contributed by atoms with Gasteiger partial charge in [-0.1, -0.05) is 5.16 Å². The number of amides is 2. The smallest absolute Gasteiger partial charge is 0.246 e. The summed E-state index contributed by atoms with van der Waals surface area (Å²) in [6.45, 7) is 3.37. The molecule has 3 N–H and O–H groups in total. The zero-order valence-corrected chi connectivity index (χ0v) is 16.3. The molecule has 1 aromatic heterocycles. The van der Waals surface area contributed by atoms with Crippen molar-refractivity contribution in [3.8, 4) is 0 Å². The van der Waals surface area contributed by atoms with Gasteiger partial charge in [0.1, 0.15) is 10.6 Å². The molecule has 0 aliphatic heterocycles. The predicted molar refractivity (Wildman–Crippen MR) is 93.7 cm³/mol. The molecule has 1 heterocycles. The summed E-state index contributed by atoms with van der Waals surface area (Å²) in [5.74, 6) is -6.53. The molecule has 9 nitrogen and oxygen atoms in total. The average molecular weight is 434 g/mol. The van der Waals surface area contributed by atoms with Crippen LogP contribution >= 0.6 is 0 Å². The van der Waals surface area contributed by atoms with Gasteiger partial charge in [0.15, 0.2) is 23.2 Å². The second-order valence-electron chi connectivity index (χ2n) is 5.99. The van der Waals surface area contributed by atoms with Crippen molar-refractivity contribution in [2.75, 3.05) is 11.9 Å². The van der Waals surface area contributed by atoms with Crippen molar-refractivity contribution < 1.29 is 35.7 Å². The minimum Gasteiger partial charge on any atom is -0.360 e. The van der Waals surface area contributed by atoms with Crippen molar-refractivity contribution in [1.82, 2.24) is 15.2 Å². The van der Waals surface area contributed by atoms with E-state index in [0.717, 1.165) is 6.07 Å². The summed E-state index contributed by atoms with van der Waals surface area (Å²) in [4.78, 5) is 23.6. The van der Waals surface area contributed by atoms with Gasteiger partial charge in [-0.25, -0.2) is 21.6 Å². The summed E-state index contributed by atoms with van der Waals surface area (Å²) in [5, 5.41) is 7.63. The van der Waals surface area contributed by atoms with Crippen LogP contribution in [0.5, 0.6) is 0 Å². The molecule has 1 atom stereocenters. The Morgan fingerprint density at radius 2 is 1.83 bits per heavy atom. The summed E-state index contributed by atoms with van der Waals surface area (Å²) in [5.41, 5.74) is -0.508. The van der Waals surface area contributed by atoms with Crippen LogP contribution in [0.25, 0.3) is 0 Å². The number of hydrogen-bond acceptors (Lipinski definition) is 6. The van der Waals surface area contributed by atoms with Gasteiger partial charge in [-0.15, -0.1) is 0 Å². The van der Waals surface area contributed by atoms with E-state index >= 15 is 0 Å². The molecule has 2 aromatic rings. The second kappa shape index (κ2) is 8.61. The van der Waals surface area contributed by atoms with Gasteiger partial charge in [-0.2, -0.15) is 4.72 Å². The molecular weight excluding hydrogens is 417 g/mol. The van der Waals surface area contributed by atoms with Gasteiger partial charge in [0.25, 0.3) is 0 Å². The van der Waals surface area contributed by atoms with Gasteiger partial charge >= 0.3 is 0 Å². The first-order valence-corrected chi connectivity index (χ1v) is 9.58. The van der Waals surface area contributed by atoms with E-state index in [2.05, 4.69) is 15.2 Å². The van der Waals surface area contributed by atoms with Crippen LogP contribution in [0.4, 0.5) is 18.9 Å². The molecule has 2 rings (SSSR count). The third kappa shape index (κ3) is 5.12. The molecule has 158 valence electrons. The van der Waals surface area contributed by atoms with Crippen LogP contribution in [0.15, 0.2) is 21.6 Å². The number of sulfonamides is 1. The lowest BCUT2D eigenvalue weighted by Crippen LogP contribution is -2.46. The number of hydrogen-bond donors (Lipinski definition) is 3. The monoisotopic (exact) mass is 434 g/mol. The molecule has 0 fully saturated rings. The van der Waals surface area contributed by atoms with Crippen LogP contribution in [-0.4, -0.2) is 38.0 Å². The standard InChI is InChI=1S/C16H17F3N4O5S/c1-7-15(9(3)28-22-7)29(26,27)23-8(2)16(25)20-6-12(24)21-11-5-4-10(17)13(18)14(11)19/h4-5,8,23H,6H2,1-3H3,(H,20,25)(H,21,24). The van der Waals surface area contributed by atoms with Gasteiger partial charge in [0.05, 0.1) is 18.3 Å². The molecule has 0 aliphatic carbocycles. The van der Waals surface area contributed by atoms with Crippen LogP contribution in [-0.2, 0) is 19.6 Å². The second-order valence-corrected chi connectivity index (χ2v) is 7.64. The Morgan fingerprint density at radius 1 is 1.17 bits per heavy atom. The molecule has 2 amide bonds. The van der Waals surface area contributed by atoms with E-state index in [-0.39, 0.29) is 16.3 Å². The maximum absolute atomic E-state index is 13.5. The highest BCUT2D eigenvalue weighted by atomic mass is 32.2. The van der Waals surface area contributed by atoms with Crippen LogP contribution in [0.3, 0.4) is 0 Å². The van der Waals surface area contributed by atoms with Crippen molar-refractivity contribution in [3.63, 3.8) is 0 Å². The van der Waals surface area contributed by atoms with Crippen LogP contribution in [0, 0.1) is 31.3 Å². The number of nitrogens with zero attached hydrogens (tertiary/aromatic N) is 1. The Morgan fingerprint density at radius 3 is 2.41 bits per heavy atom. The average Bonchev–Trinajstić information content (AvgIpc) is 2.99. The van der Waals surface area contributed by atoms with Crippen molar-refractivity contribution >= 4 is 27.5 Å². The van der Waals surface area contributed by atoms with Crippen LogP contribution < -0.4 is 15.4 Å². The third-order valence-corrected chi connectivity index (χ3v) is 5.48. The van der Waals surface area contributed by atoms with E-state index in [1.807, 2.05) is 5.32 Å². The minimum absolute atomic E-state index is 0.0375. The molecular formula is C16H17F3N4O5S. The molecule has 0 bridgehead atoms. The molecule has 1 aromatic carbocycles. The Balaban J connectivity index is 1.95. The van der Waals surface area contributed by atoms with Crippen molar-refractivity contribution in [1.29, 1.82) is 0 Å². The summed E-state index contributed by atoms with van der Waals surface area (Å²) in [7, 11) is -4.12. The Bertz CT molecular complexity index is 1040. The molecule has 0 saturated heterocycles. The summed E-state index contributed by atoms with van der Waals surface area (Å²) >= 11 is 0. The SMILES string of the molecule is Cc1noc(C)c1S(=O)(=O)NC(C)C(=O)NCC(=O)Nc1ccc(F)c(F)c1F. The highest BCUT2D eigenvalue weighted by molar-refractivity contribution is 7.89. The summed E-state index contributed by atoms with van der Waals surface area (Å²) in [6.07, 6.45) is 0. The van der Waals surface area contributed by atoms with Gasteiger partial charge in [0.2, 0.25) is 21.8 Å². The topological polar surface area (TPSA) is 130 Å².